The molecule has 0 aliphatic carbocycles. The minimum absolute atomic E-state index is 0.175. The summed E-state index contributed by atoms with van der Waals surface area (Å²) >= 11 is 0. The first-order chi connectivity index (χ1) is 13.5. The number of amides is 3. The van der Waals surface area contributed by atoms with E-state index in [1.807, 2.05) is 12.1 Å². The number of carbonyl (C=O) groups is 3. The third-order valence-electron chi connectivity index (χ3n) is 5.48. The molecule has 1 atom stereocenters. The van der Waals surface area contributed by atoms with Gasteiger partial charge in [0.2, 0.25) is 11.8 Å². The molecule has 0 bridgehead atoms. The highest BCUT2D eigenvalue weighted by Gasteiger charge is 2.40. The van der Waals surface area contributed by atoms with E-state index in [-0.39, 0.29) is 23.9 Å². The van der Waals surface area contributed by atoms with Crippen molar-refractivity contribution in [3.63, 3.8) is 0 Å². The molecule has 28 heavy (non-hydrogen) atoms. The lowest BCUT2D eigenvalue weighted by atomic mass is 10.0. The van der Waals surface area contributed by atoms with E-state index in [4.69, 9.17) is 6.42 Å². The van der Waals surface area contributed by atoms with E-state index < -0.39 is 11.9 Å². The van der Waals surface area contributed by atoms with Crippen LogP contribution in [0.4, 0.5) is 5.69 Å². The van der Waals surface area contributed by atoms with Crippen molar-refractivity contribution in [3.05, 3.63) is 29.3 Å². The van der Waals surface area contributed by atoms with Crippen molar-refractivity contribution < 1.29 is 14.4 Å². The minimum atomic E-state index is -0.610. The van der Waals surface area contributed by atoms with Crippen LogP contribution in [-0.4, -0.2) is 40.9 Å². The number of hydrogen-bond donors (Lipinski definition) is 2. The van der Waals surface area contributed by atoms with Crippen LogP contribution in [0.15, 0.2) is 28.4 Å². The standard InChI is InChI=1S/C20H21N5O3/c1-2-3-9-20(23-24-20)10-11-21-15-6-4-5-13-14(15)12-25(19(13)28)16-7-8-17(26)22-18(16)27/h1,4-6,16,21H,3,7-12H2,(H,22,26,27). The molecule has 1 fully saturated rings. The van der Waals surface area contributed by atoms with Crippen molar-refractivity contribution in [2.45, 2.75) is 50.4 Å². The number of imide groups is 1. The quantitative estimate of drug-likeness (QED) is 0.557. The summed E-state index contributed by atoms with van der Waals surface area (Å²) in [5, 5.41) is 14.0. The molecule has 8 heteroatoms. The highest BCUT2D eigenvalue weighted by atomic mass is 16.2. The van der Waals surface area contributed by atoms with Crippen molar-refractivity contribution in [1.82, 2.24) is 10.2 Å². The topological polar surface area (TPSA) is 103 Å². The molecule has 1 saturated heterocycles. The predicted molar refractivity (Wildman–Crippen MR) is 101 cm³/mol. The van der Waals surface area contributed by atoms with Gasteiger partial charge in [0.25, 0.3) is 5.91 Å². The number of carbonyl (C=O) groups excluding carboxylic acids is 3. The van der Waals surface area contributed by atoms with Crippen LogP contribution in [0.1, 0.15) is 48.0 Å². The normalized spacial score (nSPS) is 21.9. The van der Waals surface area contributed by atoms with Gasteiger partial charge in [-0.25, -0.2) is 0 Å². The fourth-order valence-corrected chi connectivity index (χ4v) is 3.82. The number of anilines is 1. The molecule has 144 valence electrons. The number of fused-ring (bicyclic) bond motifs is 1. The number of hydrogen-bond acceptors (Lipinski definition) is 6. The maximum Gasteiger partial charge on any atom is 0.255 e. The van der Waals surface area contributed by atoms with Crippen LogP contribution in [0.3, 0.4) is 0 Å². The summed E-state index contributed by atoms with van der Waals surface area (Å²) in [6, 6.07) is 4.92. The van der Waals surface area contributed by atoms with Gasteiger partial charge in [-0.1, -0.05) is 6.07 Å². The highest BCUT2D eigenvalue weighted by Crippen LogP contribution is 2.37. The van der Waals surface area contributed by atoms with Crippen LogP contribution in [-0.2, 0) is 16.1 Å². The summed E-state index contributed by atoms with van der Waals surface area (Å²) in [6.07, 6.45) is 8.05. The monoisotopic (exact) mass is 379 g/mol. The molecule has 3 amide bonds. The van der Waals surface area contributed by atoms with Crippen LogP contribution in [0.5, 0.6) is 0 Å². The molecule has 1 aromatic rings. The third kappa shape index (κ3) is 3.36. The fraction of sp³-hybridized carbons (Fsp3) is 0.450. The zero-order valence-corrected chi connectivity index (χ0v) is 15.4. The van der Waals surface area contributed by atoms with Gasteiger partial charge in [-0.05, 0) is 18.6 Å². The highest BCUT2D eigenvalue weighted by molar-refractivity contribution is 6.06. The van der Waals surface area contributed by atoms with E-state index in [1.165, 1.54) is 0 Å². The Kier molecular flexibility index (Phi) is 4.59. The molecule has 2 N–H and O–H groups in total. The van der Waals surface area contributed by atoms with Gasteiger partial charge in [0.1, 0.15) is 6.04 Å². The van der Waals surface area contributed by atoms with Crippen molar-refractivity contribution >= 4 is 23.4 Å². The van der Waals surface area contributed by atoms with E-state index in [2.05, 4.69) is 26.8 Å². The van der Waals surface area contributed by atoms with Gasteiger partial charge in [0.05, 0.1) is 0 Å². The third-order valence-corrected chi connectivity index (χ3v) is 5.48. The zero-order valence-electron chi connectivity index (χ0n) is 15.4. The first kappa shape index (κ1) is 18.2. The first-order valence-corrected chi connectivity index (χ1v) is 9.41. The lowest BCUT2D eigenvalue weighted by Crippen LogP contribution is -2.52. The summed E-state index contributed by atoms with van der Waals surface area (Å²) in [6.45, 7) is 1.00. The Morgan fingerprint density at radius 3 is 2.82 bits per heavy atom. The average molecular weight is 379 g/mol. The van der Waals surface area contributed by atoms with Crippen LogP contribution in [0, 0.1) is 12.3 Å². The Hall–Kier alpha value is -3.21. The summed E-state index contributed by atoms with van der Waals surface area (Å²) in [7, 11) is 0. The summed E-state index contributed by atoms with van der Waals surface area (Å²) in [5.74, 6) is 1.75. The predicted octanol–water partition coefficient (Wildman–Crippen LogP) is 1.83. The number of rotatable bonds is 7. The van der Waals surface area contributed by atoms with Crippen LogP contribution < -0.4 is 10.6 Å². The van der Waals surface area contributed by atoms with Crippen molar-refractivity contribution in [2.24, 2.45) is 10.2 Å². The van der Waals surface area contributed by atoms with Crippen molar-refractivity contribution in [3.8, 4) is 12.3 Å². The van der Waals surface area contributed by atoms with E-state index in [9.17, 15) is 14.4 Å². The number of terminal acetylenes is 1. The van der Waals surface area contributed by atoms with Crippen molar-refractivity contribution in [1.29, 1.82) is 0 Å². The lowest BCUT2D eigenvalue weighted by molar-refractivity contribution is -0.136. The van der Waals surface area contributed by atoms with Gasteiger partial charge in [0.15, 0.2) is 5.66 Å². The van der Waals surface area contributed by atoms with Crippen molar-refractivity contribution in [2.75, 3.05) is 11.9 Å². The maximum atomic E-state index is 12.8. The Bertz CT molecular complexity index is 911. The Morgan fingerprint density at radius 1 is 1.29 bits per heavy atom. The minimum Gasteiger partial charge on any atom is -0.385 e. The molecule has 3 aliphatic rings. The molecular weight excluding hydrogens is 358 g/mol. The molecule has 1 aromatic carbocycles. The molecule has 0 spiro atoms. The second-order valence-electron chi connectivity index (χ2n) is 7.29. The number of nitrogens with zero attached hydrogens (tertiary/aromatic N) is 3. The first-order valence-electron chi connectivity index (χ1n) is 9.41. The number of benzene rings is 1. The lowest BCUT2D eigenvalue weighted by Gasteiger charge is -2.29. The zero-order chi connectivity index (χ0) is 19.7. The van der Waals surface area contributed by atoms with Crippen LogP contribution in [0.2, 0.25) is 0 Å². The molecule has 3 heterocycles. The van der Waals surface area contributed by atoms with Gasteiger partial charge in [-0.2, -0.15) is 10.2 Å². The summed E-state index contributed by atoms with van der Waals surface area (Å²) in [4.78, 5) is 37.9. The molecule has 4 rings (SSSR count). The van der Waals surface area contributed by atoms with Gasteiger partial charge in [-0.3, -0.25) is 19.7 Å². The summed E-state index contributed by atoms with van der Waals surface area (Å²) < 4.78 is 0. The summed E-state index contributed by atoms with van der Waals surface area (Å²) in [5.41, 5.74) is 1.98. The maximum absolute atomic E-state index is 12.8. The molecular formula is C20H21N5O3. The van der Waals surface area contributed by atoms with E-state index in [1.54, 1.807) is 11.0 Å². The van der Waals surface area contributed by atoms with Crippen LogP contribution >= 0.6 is 0 Å². The van der Waals surface area contributed by atoms with Crippen LogP contribution in [0.25, 0.3) is 0 Å². The molecule has 3 aliphatic heterocycles. The van der Waals surface area contributed by atoms with E-state index in [0.29, 0.717) is 31.5 Å². The Morgan fingerprint density at radius 2 is 2.11 bits per heavy atom. The van der Waals surface area contributed by atoms with E-state index >= 15 is 0 Å². The Labute approximate surface area is 162 Å². The second-order valence-corrected chi connectivity index (χ2v) is 7.29. The molecule has 0 saturated carbocycles. The van der Waals surface area contributed by atoms with Gasteiger partial charge >= 0.3 is 0 Å². The largest absolute Gasteiger partial charge is 0.385 e. The van der Waals surface area contributed by atoms with Gasteiger partial charge in [0, 0.05) is 55.6 Å². The average Bonchev–Trinajstić information content (AvgIpc) is 3.37. The molecule has 8 nitrogen and oxygen atoms in total. The van der Waals surface area contributed by atoms with Gasteiger partial charge in [-0.15, -0.1) is 12.3 Å². The molecule has 1 unspecified atom stereocenters. The fourth-order valence-electron chi connectivity index (χ4n) is 3.82. The molecule has 0 radical (unpaired) electrons. The van der Waals surface area contributed by atoms with Gasteiger partial charge < -0.3 is 10.2 Å². The SMILES string of the molecule is C#CCCC1(CCNc2cccc3c2CN(C2CCC(=O)NC2=O)C3=O)N=N1. The number of nitrogens with one attached hydrogen (secondary N) is 2. The Balaban J connectivity index is 1.42. The number of piperidine rings is 1. The smallest absolute Gasteiger partial charge is 0.255 e. The molecule has 0 aromatic heterocycles. The second kappa shape index (κ2) is 7.08. The van der Waals surface area contributed by atoms with E-state index in [0.717, 1.165) is 24.1 Å².